The fourth-order valence-electron chi connectivity index (χ4n) is 2.08. The molecule has 0 radical (unpaired) electrons. The number of anilines is 1. The summed E-state index contributed by atoms with van der Waals surface area (Å²) in [6.45, 7) is 4.03. The molecule has 3 rings (SSSR count). The second kappa shape index (κ2) is 5.06. The van der Waals surface area contributed by atoms with Gasteiger partial charge in [0.05, 0.1) is 10.6 Å². The molecule has 0 aliphatic carbocycles. The third-order valence-corrected chi connectivity index (χ3v) is 4.19. The van der Waals surface area contributed by atoms with Gasteiger partial charge in [-0.3, -0.25) is 0 Å². The van der Waals surface area contributed by atoms with Crippen LogP contribution in [-0.4, -0.2) is 9.97 Å². The second-order valence-electron chi connectivity index (χ2n) is 4.68. The first kappa shape index (κ1) is 12.8. The number of thiophene rings is 1. The Hall–Kier alpha value is -2.20. The van der Waals surface area contributed by atoms with Crippen molar-refractivity contribution in [2.24, 2.45) is 0 Å². The van der Waals surface area contributed by atoms with Gasteiger partial charge in [-0.15, -0.1) is 11.3 Å². The van der Waals surface area contributed by atoms with Gasteiger partial charge in [-0.1, -0.05) is 30.3 Å². The summed E-state index contributed by atoms with van der Waals surface area (Å²) in [5, 5.41) is 0. The summed E-state index contributed by atoms with van der Waals surface area (Å²) >= 11 is 1.68. The lowest BCUT2D eigenvalue weighted by molar-refractivity contribution is 1.16. The number of rotatable bonds is 2. The standard InChI is InChI=1S/C16H15N3S/c1-10-8-9-13(20-10)16-18-14(11(2)15(17)19-16)12-6-4-3-5-7-12/h3-9H,1-2H3,(H2,17,18,19). The summed E-state index contributed by atoms with van der Waals surface area (Å²) in [5.74, 6) is 1.24. The van der Waals surface area contributed by atoms with E-state index in [1.165, 1.54) is 4.88 Å². The van der Waals surface area contributed by atoms with Gasteiger partial charge in [-0.25, -0.2) is 9.97 Å². The van der Waals surface area contributed by atoms with Gasteiger partial charge in [0, 0.05) is 16.0 Å². The zero-order chi connectivity index (χ0) is 14.1. The van der Waals surface area contributed by atoms with Crippen molar-refractivity contribution >= 4 is 17.2 Å². The molecule has 0 amide bonds. The molecule has 4 heteroatoms. The van der Waals surface area contributed by atoms with E-state index < -0.39 is 0 Å². The van der Waals surface area contributed by atoms with Gasteiger partial charge in [-0.2, -0.15) is 0 Å². The fourth-order valence-corrected chi connectivity index (χ4v) is 2.88. The van der Waals surface area contributed by atoms with Gasteiger partial charge in [0.2, 0.25) is 0 Å². The Bertz CT molecular complexity index is 748. The maximum Gasteiger partial charge on any atom is 0.172 e. The van der Waals surface area contributed by atoms with Crippen LogP contribution in [0.4, 0.5) is 5.82 Å². The largest absolute Gasteiger partial charge is 0.383 e. The smallest absolute Gasteiger partial charge is 0.172 e. The molecular formula is C16H15N3S. The van der Waals surface area contributed by atoms with Crippen LogP contribution >= 0.6 is 11.3 Å². The molecule has 0 saturated heterocycles. The first-order valence-corrected chi connectivity index (χ1v) is 7.23. The average Bonchev–Trinajstić information content (AvgIpc) is 2.89. The van der Waals surface area contributed by atoms with Crippen LogP contribution in [0.1, 0.15) is 10.4 Å². The van der Waals surface area contributed by atoms with Crippen LogP contribution in [0.15, 0.2) is 42.5 Å². The molecule has 0 unspecified atom stereocenters. The van der Waals surface area contributed by atoms with Crippen LogP contribution in [0.25, 0.3) is 22.0 Å². The molecule has 0 aliphatic rings. The molecule has 2 N–H and O–H groups in total. The number of hydrogen-bond acceptors (Lipinski definition) is 4. The number of nitrogens with two attached hydrogens (primary N) is 1. The van der Waals surface area contributed by atoms with E-state index in [0.29, 0.717) is 11.6 Å². The lowest BCUT2D eigenvalue weighted by atomic mass is 10.1. The summed E-state index contributed by atoms with van der Waals surface area (Å²) < 4.78 is 0. The molecular weight excluding hydrogens is 266 g/mol. The van der Waals surface area contributed by atoms with Gasteiger partial charge >= 0.3 is 0 Å². The maximum absolute atomic E-state index is 6.06. The Labute approximate surface area is 122 Å². The third-order valence-electron chi connectivity index (χ3n) is 3.19. The van der Waals surface area contributed by atoms with E-state index in [2.05, 4.69) is 18.0 Å². The Morgan fingerprint density at radius 3 is 2.35 bits per heavy atom. The van der Waals surface area contributed by atoms with E-state index in [4.69, 9.17) is 10.7 Å². The number of benzene rings is 1. The molecule has 3 nitrogen and oxygen atoms in total. The van der Waals surface area contributed by atoms with Crippen molar-refractivity contribution < 1.29 is 0 Å². The van der Waals surface area contributed by atoms with Crippen LogP contribution in [0.3, 0.4) is 0 Å². The van der Waals surface area contributed by atoms with Gasteiger partial charge in [0.15, 0.2) is 5.82 Å². The van der Waals surface area contributed by atoms with E-state index in [-0.39, 0.29) is 0 Å². The minimum atomic E-state index is 0.542. The van der Waals surface area contributed by atoms with Crippen molar-refractivity contribution in [2.75, 3.05) is 5.73 Å². The summed E-state index contributed by atoms with van der Waals surface area (Å²) in [6, 6.07) is 14.2. The topological polar surface area (TPSA) is 51.8 Å². The Balaban J connectivity index is 2.18. The highest BCUT2D eigenvalue weighted by molar-refractivity contribution is 7.15. The fraction of sp³-hybridized carbons (Fsp3) is 0.125. The molecule has 0 aliphatic heterocycles. The van der Waals surface area contributed by atoms with Crippen molar-refractivity contribution in [3.8, 4) is 22.0 Å². The number of nitrogen functional groups attached to an aromatic ring is 1. The molecule has 0 atom stereocenters. The highest BCUT2D eigenvalue weighted by atomic mass is 32.1. The lowest BCUT2D eigenvalue weighted by Gasteiger charge is -2.09. The second-order valence-corrected chi connectivity index (χ2v) is 5.97. The Kier molecular flexibility index (Phi) is 3.24. The van der Waals surface area contributed by atoms with Crippen LogP contribution in [0.2, 0.25) is 0 Å². The van der Waals surface area contributed by atoms with Crippen molar-refractivity contribution in [3.63, 3.8) is 0 Å². The van der Waals surface area contributed by atoms with Gasteiger partial charge in [0.25, 0.3) is 0 Å². The monoisotopic (exact) mass is 281 g/mol. The first-order chi connectivity index (χ1) is 9.65. The number of hydrogen-bond donors (Lipinski definition) is 1. The SMILES string of the molecule is Cc1ccc(-c2nc(N)c(C)c(-c3ccccc3)n2)s1. The molecule has 0 bridgehead atoms. The van der Waals surface area contributed by atoms with E-state index in [1.54, 1.807) is 11.3 Å². The first-order valence-electron chi connectivity index (χ1n) is 6.41. The summed E-state index contributed by atoms with van der Waals surface area (Å²) in [7, 11) is 0. The third kappa shape index (κ3) is 2.30. The summed E-state index contributed by atoms with van der Waals surface area (Å²) in [5.41, 5.74) is 8.95. The predicted octanol–water partition coefficient (Wildman–Crippen LogP) is 4.07. The zero-order valence-corrected chi connectivity index (χ0v) is 12.2. The van der Waals surface area contributed by atoms with Crippen molar-refractivity contribution in [3.05, 3.63) is 52.9 Å². The Morgan fingerprint density at radius 1 is 0.950 bits per heavy atom. The quantitative estimate of drug-likeness (QED) is 0.770. The average molecular weight is 281 g/mol. The van der Waals surface area contributed by atoms with E-state index in [0.717, 1.165) is 21.7 Å². The van der Waals surface area contributed by atoms with Gasteiger partial charge in [-0.05, 0) is 26.0 Å². The van der Waals surface area contributed by atoms with Crippen LogP contribution in [0, 0.1) is 13.8 Å². The van der Waals surface area contributed by atoms with Crippen LogP contribution < -0.4 is 5.73 Å². The van der Waals surface area contributed by atoms with Gasteiger partial charge in [0.1, 0.15) is 5.82 Å². The van der Waals surface area contributed by atoms with Crippen molar-refractivity contribution in [1.82, 2.24) is 9.97 Å². The van der Waals surface area contributed by atoms with Crippen LogP contribution in [-0.2, 0) is 0 Å². The van der Waals surface area contributed by atoms with Crippen molar-refractivity contribution in [1.29, 1.82) is 0 Å². The van der Waals surface area contributed by atoms with Crippen molar-refractivity contribution in [2.45, 2.75) is 13.8 Å². The minimum absolute atomic E-state index is 0.542. The molecule has 0 fully saturated rings. The highest BCUT2D eigenvalue weighted by Gasteiger charge is 2.12. The summed E-state index contributed by atoms with van der Waals surface area (Å²) in [6.07, 6.45) is 0. The predicted molar refractivity (Wildman–Crippen MR) is 84.7 cm³/mol. The minimum Gasteiger partial charge on any atom is -0.383 e. The normalized spacial score (nSPS) is 10.7. The molecule has 20 heavy (non-hydrogen) atoms. The van der Waals surface area contributed by atoms with Crippen LogP contribution in [0.5, 0.6) is 0 Å². The molecule has 1 aromatic carbocycles. The number of nitrogens with zero attached hydrogens (tertiary/aromatic N) is 2. The highest BCUT2D eigenvalue weighted by Crippen LogP contribution is 2.30. The number of aromatic nitrogens is 2. The lowest BCUT2D eigenvalue weighted by Crippen LogP contribution is -2.01. The zero-order valence-electron chi connectivity index (χ0n) is 11.4. The molecule has 0 saturated carbocycles. The molecule has 0 spiro atoms. The van der Waals surface area contributed by atoms with E-state index in [1.807, 2.05) is 43.3 Å². The van der Waals surface area contributed by atoms with E-state index in [9.17, 15) is 0 Å². The molecule has 2 aromatic heterocycles. The maximum atomic E-state index is 6.06. The number of aryl methyl sites for hydroxylation is 1. The van der Waals surface area contributed by atoms with E-state index >= 15 is 0 Å². The summed E-state index contributed by atoms with van der Waals surface area (Å²) in [4.78, 5) is 11.4. The molecule has 2 heterocycles. The molecule has 3 aromatic rings. The van der Waals surface area contributed by atoms with Gasteiger partial charge < -0.3 is 5.73 Å². The molecule has 100 valence electrons. The Morgan fingerprint density at radius 2 is 1.70 bits per heavy atom.